The Balaban J connectivity index is 1.59. The van der Waals surface area contributed by atoms with E-state index in [0.29, 0.717) is 32.4 Å². The van der Waals surface area contributed by atoms with Gasteiger partial charge in [0.2, 0.25) is 0 Å². The number of ether oxygens (including phenoxy) is 1. The van der Waals surface area contributed by atoms with Crippen molar-refractivity contribution in [3.8, 4) is 5.75 Å². The number of methoxy groups -OCH3 is 1. The second-order valence-electron chi connectivity index (χ2n) is 7.48. The number of benzene rings is 1. The molecule has 0 aromatic heterocycles. The average Bonchev–Trinajstić information content (AvgIpc) is 2.86. The number of urea groups is 1. The summed E-state index contributed by atoms with van der Waals surface area (Å²) < 4.78 is 5.16. The highest BCUT2D eigenvalue weighted by Gasteiger charge is 2.48. The van der Waals surface area contributed by atoms with Crippen LogP contribution in [0, 0.1) is 0 Å². The van der Waals surface area contributed by atoms with Crippen LogP contribution in [0.1, 0.15) is 31.7 Å². The summed E-state index contributed by atoms with van der Waals surface area (Å²) in [6, 6.07) is 7.43. The van der Waals surface area contributed by atoms with Crippen LogP contribution in [-0.4, -0.2) is 60.5 Å². The van der Waals surface area contributed by atoms with Gasteiger partial charge in [-0.15, -0.1) is 0 Å². The van der Waals surface area contributed by atoms with Gasteiger partial charge in [0, 0.05) is 12.8 Å². The minimum atomic E-state index is -0.869. The van der Waals surface area contributed by atoms with E-state index in [9.17, 15) is 14.7 Å². The molecule has 2 aliphatic heterocycles. The van der Waals surface area contributed by atoms with E-state index in [-0.39, 0.29) is 18.0 Å². The van der Waals surface area contributed by atoms with E-state index in [2.05, 4.69) is 5.32 Å². The fraction of sp³-hybridized carbons (Fsp3) is 0.579. The van der Waals surface area contributed by atoms with Crippen LogP contribution < -0.4 is 15.0 Å². The number of hydrogen-bond acceptors (Lipinski definition) is 4. The second-order valence-corrected chi connectivity index (χ2v) is 7.48. The van der Waals surface area contributed by atoms with Crippen LogP contribution in [0.25, 0.3) is 0 Å². The molecule has 2 fully saturated rings. The number of nitrogens with one attached hydrogen (secondary N) is 2. The van der Waals surface area contributed by atoms with E-state index < -0.39 is 5.54 Å². The van der Waals surface area contributed by atoms with Crippen LogP contribution in [0.3, 0.4) is 0 Å². The van der Waals surface area contributed by atoms with Gasteiger partial charge < -0.3 is 20.1 Å². The molecule has 3 N–H and O–H groups in total. The van der Waals surface area contributed by atoms with E-state index in [4.69, 9.17) is 4.74 Å². The third-order valence-electron chi connectivity index (χ3n) is 5.46. The third kappa shape index (κ3) is 3.99. The molecule has 1 aromatic rings. The van der Waals surface area contributed by atoms with Crippen LogP contribution in [0.2, 0.25) is 0 Å². The number of imide groups is 1. The lowest BCUT2D eigenvalue weighted by Gasteiger charge is -2.29. The van der Waals surface area contributed by atoms with Gasteiger partial charge in [-0.1, -0.05) is 12.1 Å². The number of nitrogens with zero attached hydrogens (tertiary/aromatic N) is 1. The van der Waals surface area contributed by atoms with Crippen molar-refractivity contribution >= 4 is 11.9 Å². The van der Waals surface area contributed by atoms with Crippen molar-refractivity contribution in [3.63, 3.8) is 0 Å². The first kappa shape index (κ1) is 18.7. The van der Waals surface area contributed by atoms with Crippen molar-refractivity contribution in [2.75, 3.05) is 26.9 Å². The Labute approximate surface area is 153 Å². The largest absolute Gasteiger partial charge is 0.497 e. The maximum Gasteiger partial charge on any atom is 0.329 e. The molecule has 0 saturated carbocycles. The average molecular weight is 362 g/mol. The molecule has 1 aromatic carbocycles. The molecule has 2 saturated heterocycles. The maximum absolute atomic E-state index is 12.9. The lowest BCUT2D eigenvalue weighted by molar-refractivity contribution is -0.913. The molecule has 1 atom stereocenters. The van der Waals surface area contributed by atoms with Gasteiger partial charge in [0.15, 0.2) is 6.67 Å². The smallest absolute Gasteiger partial charge is 0.329 e. The molecular formula is C19H28N3O4+. The molecule has 3 rings (SSSR count). The predicted molar refractivity (Wildman–Crippen MR) is 95.9 cm³/mol. The first-order chi connectivity index (χ1) is 12.4. The van der Waals surface area contributed by atoms with E-state index in [1.807, 2.05) is 24.3 Å². The molecule has 142 valence electrons. The highest BCUT2D eigenvalue weighted by atomic mass is 16.5. The molecule has 7 nitrogen and oxygen atoms in total. The standard InChI is InChI=1S/C19H27N3O4/c1-19(10-7-14-3-5-16(26-2)6-4-14)17(24)22(18(25)20-19)13-21-11-8-15(23)9-12-21/h3-6,15,23H,7-13H2,1-2H3,(H,20,25)/p+1/t19-/m0/s1. The number of piperidine rings is 1. The molecule has 26 heavy (non-hydrogen) atoms. The van der Waals surface area contributed by atoms with Gasteiger partial charge >= 0.3 is 6.03 Å². The van der Waals surface area contributed by atoms with Crippen molar-refractivity contribution in [2.45, 2.75) is 44.2 Å². The zero-order valence-corrected chi connectivity index (χ0v) is 15.5. The Kier molecular flexibility index (Phi) is 5.48. The molecule has 2 heterocycles. The van der Waals surface area contributed by atoms with E-state index in [0.717, 1.165) is 24.4 Å². The van der Waals surface area contributed by atoms with Gasteiger partial charge in [-0.05, 0) is 37.5 Å². The third-order valence-corrected chi connectivity index (χ3v) is 5.46. The van der Waals surface area contributed by atoms with E-state index in [1.54, 1.807) is 14.0 Å². The molecule has 0 bridgehead atoms. The number of aliphatic hydroxyl groups is 1. The lowest BCUT2D eigenvalue weighted by Crippen LogP contribution is -3.14. The van der Waals surface area contributed by atoms with Crippen molar-refractivity contribution in [3.05, 3.63) is 29.8 Å². The number of amides is 3. The summed E-state index contributed by atoms with van der Waals surface area (Å²) in [6.07, 6.45) is 2.43. The fourth-order valence-corrected chi connectivity index (χ4v) is 3.64. The van der Waals surface area contributed by atoms with Gasteiger partial charge in [-0.3, -0.25) is 4.79 Å². The lowest BCUT2D eigenvalue weighted by atomic mass is 9.93. The summed E-state index contributed by atoms with van der Waals surface area (Å²) in [5.74, 6) is 0.639. The Bertz CT molecular complexity index is 655. The Morgan fingerprint density at radius 3 is 2.54 bits per heavy atom. The Hall–Kier alpha value is -2.12. The SMILES string of the molecule is COc1ccc(CC[C@]2(C)NC(=O)N(C[NH+]3CCC(O)CC3)C2=O)cc1. The minimum absolute atomic E-state index is 0.158. The van der Waals surface area contributed by atoms with Crippen LogP contribution in [0.4, 0.5) is 4.79 Å². The zero-order chi connectivity index (χ0) is 18.7. The molecule has 0 spiro atoms. The molecular weight excluding hydrogens is 334 g/mol. The minimum Gasteiger partial charge on any atom is -0.497 e. The van der Waals surface area contributed by atoms with Crippen LogP contribution in [0.15, 0.2) is 24.3 Å². The van der Waals surface area contributed by atoms with Crippen LogP contribution >= 0.6 is 0 Å². The van der Waals surface area contributed by atoms with E-state index in [1.165, 1.54) is 9.80 Å². The van der Waals surface area contributed by atoms with Crippen molar-refractivity contribution in [2.24, 2.45) is 0 Å². The molecule has 0 aliphatic carbocycles. The maximum atomic E-state index is 12.9. The number of likely N-dealkylation sites (tertiary alicyclic amines) is 1. The topological polar surface area (TPSA) is 83.3 Å². The number of rotatable bonds is 6. The molecule has 0 unspecified atom stereocenters. The van der Waals surface area contributed by atoms with Gasteiger partial charge in [0.05, 0.1) is 26.3 Å². The first-order valence-corrected chi connectivity index (χ1v) is 9.20. The van der Waals surface area contributed by atoms with Crippen LogP contribution in [0.5, 0.6) is 5.75 Å². The Morgan fingerprint density at radius 2 is 1.92 bits per heavy atom. The summed E-state index contributed by atoms with van der Waals surface area (Å²) in [4.78, 5) is 27.7. The first-order valence-electron chi connectivity index (χ1n) is 9.20. The molecule has 2 aliphatic rings. The monoisotopic (exact) mass is 362 g/mol. The van der Waals surface area contributed by atoms with Crippen LogP contribution in [-0.2, 0) is 11.2 Å². The molecule has 3 amide bonds. The normalized spacial score (nSPS) is 29.0. The van der Waals surface area contributed by atoms with Gasteiger partial charge in [0.25, 0.3) is 5.91 Å². The summed E-state index contributed by atoms with van der Waals surface area (Å²) in [6.45, 7) is 3.73. The predicted octanol–water partition coefficient (Wildman–Crippen LogP) is -0.0646. The summed E-state index contributed by atoms with van der Waals surface area (Å²) >= 11 is 0. The molecule has 0 radical (unpaired) electrons. The summed E-state index contributed by atoms with van der Waals surface area (Å²) in [7, 11) is 1.63. The number of aryl methyl sites for hydroxylation is 1. The van der Waals surface area contributed by atoms with Crippen molar-refractivity contribution < 1.29 is 24.3 Å². The van der Waals surface area contributed by atoms with Crippen molar-refractivity contribution in [1.82, 2.24) is 10.2 Å². The summed E-state index contributed by atoms with van der Waals surface area (Å²) in [5.41, 5.74) is 0.231. The Morgan fingerprint density at radius 1 is 1.27 bits per heavy atom. The van der Waals surface area contributed by atoms with Crippen molar-refractivity contribution in [1.29, 1.82) is 0 Å². The summed E-state index contributed by atoms with van der Waals surface area (Å²) in [5, 5.41) is 12.5. The number of carbonyl (C=O) groups is 2. The molecule has 7 heteroatoms. The van der Waals surface area contributed by atoms with Gasteiger partial charge in [-0.2, -0.15) is 0 Å². The zero-order valence-electron chi connectivity index (χ0n) is 15.5. The number of quaternary nitrogens is 1. The number of hydrogen-bond donors (Lipinski definition) is 3. The number of carbonyl (C=O) groups excluding carboxylic acids is 2. The van der Waals surface area contributed by atoms with Gasteiger partial charge in [-0.25, -0.2) is 9.69 Å². The highest BCUT2D eigenvalue weighted by Crippen LogP contribution is 2.23. The van der Waals surface area contributed by atoms with E-state index >= 15 is 0 Å². The fourth-order valence-electron chi connectivity index (χ4n) is 3.64. The number of aliphatic hydroxyl groups excluding tert-OH is 1. The highest BCUT2D eigenvalue weighted by molar-refractivity contribution is 6.06. The quantitative estimate of drug-likeness (QED) is 0.619. The van der Waals surface area contributed by atoms with Gasteiger partial charge in [0.1, 0.15) is 11.3 Å². The second kappa shape index (κ2) is 7.63.